The number of ether oxygens (including phenoxy) is 1. The van der Waals surface area contributed by atoms with E-state index in [1.165, 1.54) is 0 Å². The molecule has 1 unspecified atom stereocenters. The standard InChI is InChI=1S/C16H22N2O3/c1-2-10-21-14-8-5-9-17-15(14)16(20)18-11-13(19)12-6-3-4-7-12/h2,5,8-9,12-13,19H,1,3-4,6-7,10-11H2,(H,18,20). The fraction of sp³-hybridized carbons (Fsp3) is 0.500. The molecule has 114 valence electrons. The van der Waals surface area contributed by atoms with Crippen LogP contribution >= 0.6 is 0 Å². The van der Waals surface area contributed by atoms with Gasteiger partial charge in [-0.25, -0.2) is 4.98 Å². The van der Waals surface area contributed by atoms with Gasteiger partial charge in [0.05, 0.1) is 6.10 Å². The highest BCUT2D eigenvalue weighted by molar-refractivity contribution is 5.94. The highest BCUT2D eigenvalue weighted by Gasteiger charge is 2.24. The molecule has 5 nitrogen and oxygen atoms in total. The van der Waals surface area contributed by atoms with Gasteiger partial charge < -0.3 is 15.2 Å². The van der Waals surface area contributed by atoms with Crippen LogP contribution in [0.5, 0.6) is 5.75 Å². The minimum Gasteiger partial charge on any atom is -0.487 e. The van der Waals surface area contributed by atoms with E-state index in [1.54, 1.807) is 24.4 Å². The summed E-state index contributed by atoms with van der Waals surface area (Å²) in [5, 5.41) is 12.8. The van der Waals surface area contributed by atoms with Crippen LogP contribution in [-0.4, -0.2) is 35.3 Å². The number of nitrogens with one attached hydrogen (secondary N) is 1. The van der Waals surface area contributed by atoms with Crippen LogP contribution in [0.2, 0.25) is 0 Å². The number of aliphatic hydroxyl groups is 1. The van der Waals surface area contributed by atoms with E-state index in [1.807, 2.05) is 0 Å². The topological polar surface area (TPSA) is 71.5 Å². The van der Waals surface area contributed by atoms with Crippen molar-refractivity contribution in [1.29, 1.82) is 0 Å². The maximum atomic E-state index is 12.2. The van der Waals surface area contributed by atoms with Crippen molar-refractivity contribution in [2.24, 2.45) is 5.92 Å². The van der Waals surface area contributed by atoms with Gasteiger partial charge in [-0.2, -0.15) is 0 Å². The Balaban J connectivity index is 1.91. The molecule has 21 heavy (non-hydrogen) atoms. The van der Waals surface area contributed by atoms with Crippen LogP contribution < -0.4 is 10.1 Å². The van der Waals surface area contributed by atoms with Crippen molar-refractivity contribution < 1.29 is 14.6 Å². The molecule has 0 aromatic carbocycles. The fourth-order valence-electron chi connectivity index (χ4n) is 2.62. The average Bonchev–Trinajstić information content (AvgIpc) is 3.05. The molecule has 1 aliphatic carbocycles. The zero-order chi connectivity index (χ0) is 15.1. The lowest BCUT2D eigenvalue weighted by Crippen LogP contribution is -2.36. The van der Waals surface area contributed by atoms with Gasteiger partial charge in [0.25, 0.3) is 5.91 Å². The number of hydrogen-bond donors (Lipinski definition) is 2. The summed E-state index contributed by atoms with van der Waals surface area (Å²) in [6, 6.07) is 3.40. The minimum absolute atomic E-state index is 0.234. The van der Waals surface area contributed by atoms with Crippen LogP contribution in [0.4, 0.5) is 0 Å². The molecule has 1 aromatic rings. The lowest BCUT2D eigenvalue weighted by Gasteiger charge is -2.18. The first-order valence-electron chi connectivity index (χ1n) is 7.37. The van der Waals surface area contributed by atoms with Crippen molar-refractivity contribution in [3.63, 3.8) is 0 Å². The normalized spacial score (nSPS) is 16.4. The Morgan fingerprint density at radius 2 is 2.33 bits per heavy atom. The van der Waals surface area contributed by atoms with E-state index in [0.29, 0.717) is 18.3 Å². The quantitative estimate of drug-likeness (QED) is 0.753. The predicted octanol–water partition coefficient (Wildman–Crippen LogP) is 1.93. The van der Waals surface area contributed by atoms with Gasteiger partial charge in [0, 0.05) is 12.7 Å². The van der Waals surface area contributed by atoms with E-state index >= 15 is 0 Å². The molecule has 0 radical (unpaired) electrons. The number of pyridine rings is 1. The molecule has 2 rings (SSSR count). The summed E-state index contributed by atoms with van der Waals surface area (Å²) in [6.07, 6.45) is 7.06. The van der Waals surface area contributed by atoms with E-state index < -0.39 is 6.10 Å². The molecule has 1 fully saturated rings. The van der Waals surface area contributed by atoms with Crippen molar-refractivity contribution >= 4 is 5.91 Å². The predicted molar refractivity (Wildman–Crippen MR) is 80.2 cm³/mol. The van der Waals surface area contributed by atoms with Crippen molar-refractivity contribution in [3.8, 4) is 5.75 Å². The number of carbonyl (C=O) groups is 1. The van der Waals surface area contributed by atoms with Crippen LogP contribution in [0.25, 0.3) is 0 Å². The zero-order valence-corrected chi connectivity index (χ0v) is 12.1. The molecule has 1 heterocycles. The fourth-order valence-corrected chi connectivity index (χ4v) is 2.62. The Labute approximate surface area is 125 Å². The van der Waals surface area contributed by atoms with Gasteiger partial charge >= 0.3 is 0 Å². The molecule has 0 aliphatic heterocycles. The third-order valence-electron chi connectivity index (χ3n) is 3.76. The minimum atomic E-state index is -0.488. The second-order valence-corrected chi connectivity index (χ2v) is 5.27. The van der Waals surface area contributed by atoms with Crippen LogP contribution in [0.15, 0.2) is 31.0 Å². The Kier molecular flexibility index (Phi) is 5.75. The van der Waals surface area contributed by atoms with Gasteiger partial charge in [-0.15, -0.1) is 0 Å². The summed E-state index contributed by atoms with van der Waals surface area (Å²) in [5.41, 5.74) is 0.234. The van der Waals surface area contributed by atoms with Crippen molar-refractivity contribution in [1.82, 2.24) is 10.3 Å². The van der Waals surface area contributed by atoms with Gasteiger partial charge in [-0.1, -0.05) is 25.5 Å². The lowest BCUT2D eigenvalue weighted by molar-refractivity contribution is 0.0833. The number of hydrogen-bond acceptors (Lipinski definition) is 4. The van der Waals surface area contributed by atoms with Gasteiger partial charge in [0.2, 0.25) is 0 Å². The first-order valence-corrected chi connectivity index (χ1v) is 7.37. The third-order valence-corrected chi connectivity index (χ3v) is 3.76. The molecular formula is C16H22N2O3. The molecule has 1 saturated carbocycles. The van der Waals surface area contributed by atoms with E-state index in [9.17, 15) is 9.90 Å². The maximum Gasteiger partial charge on any atom is 0.273 e. The molecule has 5 heteroatoms. The summed E-state index contributed by atoms with van der Waals surface area (Å²) in [7, 11) is 0. The van der Waals surface area contributed by atoms with Gasteiger partial charge in [-0.05, 0) is 30.9 Å². The Morgan fingerprint density at radius 3 is 3.05 bits per heavy atom. The first kappa shape index (κ1) is 15.5. The number of nitrogens with zero attached hydrogens (tertiary/aromatic N) is 1. The molecule has 1 aliphatic rings. The highest BCUT2D eigenvalue weighted by Crippen LogP contribution is 2.27. The Hall–Kier alpha value is -1.88. The second-order valence-electron chi connectivity index (χ2n) is 5.27. The lowest BCUT2D eigenvalue weighted by atomic mass is 10.0. The van der Waals surface area contributed by atoms with E-state index in [0.717, 1.165) is 25.7 Å². The van der Waals surface area contributed by atoms with Crippen molar-refractivity contribution in [3.05, 3.63) is 36.7 Å². The molecular weight excluding hydrogens is 268 g/mol. The van der Waals surface area contributed by atoms with Gasteiger partial charge in [0.15, 0.2) is 11.4 Å². The largest absolute Gasteiger partial charge is 0.487 e. The van der Waals surface area contributed by atoms with E-state index in [4.69, 9.17) is 4.74 Å². The van der Waals surface area contributed by atoms with Crippen LogP contribution in [0.3, 0.4) is 0 Å². The number of carbonyl (C=O) groups excluding carboxylic acids is 1. The highest BCUT2D eigenvalue weighted by atomic mass is 16.5. The molecule has 0 spiro atoms. The molecule has 1 aromatic heterocycles. The first-order chi connectivity index (χ1) is 10.2. The number of aliphatic hydroxyl groups excluding tert-OH is 1. The SMILES string of the molecule is C=CCOc1cccnc1C(=O)NCC(O)C1CCCC1. The van der Waals surface area contributed by atoms with Crippen LogP contribution in [-0.2, 0) is 0 Å². The Morgan fingerprint density at radius 1 is 1.57 bits per heavy atom. The number of aromatic nitrogens is 1. The smallest absolute Gasteiger partial charge is 0.273 e. The third kappa shape index (κ3) is 4.29. The Bertz CT molecular complexity index is 484. The van der Waals surface area contributed by atoms with Gasteiger partial charge in [-0.3, -0.25) is 4.79 Å². The van der Waals surface area contributed by atoms with Gasteiger partial charge in [0.1, 0.15) is 6.61 Å². The van der Waals surface area contributed by atoms with Crippen LogP contribution in [0, 0.1) is 5.92 Å². The average molecular weight is 290 g/mol. The van der Waals surface area contributed by atoms with Crippen LogP contribution in [0.1, 0.15) is 36.2 Å². The van der Waals surface area contributed by atoms with E-state index in [-0.39, 0.29) is 18.1 Å². The number of amides is 1. The monoisotopic (exact) mass is 290 g/mol. The second kappa shape index (κ2) is 7.78. The molecule has 0 saturated heterocycles. The summed E-state index contributed by atoms with van der Waals surface area (Å²) in [4.78, 5) is 16.2. The summed E-state index contributed by atoms with van der Waals surface area (Å²) in [5.74, 6) is 0.391. The van der Waals surface area contributed by atoms with E-state index in [2.05, 4.69) is 16.9 Å². The molecule has 0 bridgehead atoms. The van der Waals surface area contributed by atoms with Crippen molar-refractivity contribution in [2.75, 3.05) is 13.2 Å². The van der Waals surface area contributed by atoms with Crippen molar-refractivity contribution in [2.45, 2.75) is 31.8 Å². The summed E-state index contributed by atoms with van der Waals surface area (Å²) in [6.45, 7) is 4.14. The molecule has 2 N–H and O–H groups in total. The molecule has 1 atom stereocenters. The summed E-state index contributed by atoms with van der Waals surface area (Å²) >= 11 is 0. The summed E-state index contributed by atoms with van der Waals surface area (Å²) < 4.78 is 5.41. The molecule has 1 amide bonds. The maximum absolute atomic E-state index is 12.2. The number of rotatable bonds is 7. The zero-order valence-electron chi connectivity index (χ0n) is 12.1.